The minimum Gasteiger partial charge on any atom is -0.259 e. The molecule has 2 heteroatoms. The Morgan fingerprint density at radius 2 is 2.30 bits per heavy atom. The zero-order valence-electron chi connectivity index (χ0n) is 5.41. The minimum atomic E-state index is 0.962. The van der Waals surface area contributed by atoms with E-state index in [1.165, 1.54) is 5.56 Å². The van der Waals surface area contributed by atoms with Crippen LogP contribution in [0.1, 0.15) is 5.56 Å². The van der Waals surface area contributed by atoms with Gasteiger partial charge in [0.05, 0.1) is 5.69 Å². The Kier molecular flexibility index (Phi) is 1.27. The van der Waals surface area contributed by atoms with E-state index in [2.05, 4.69) is 23.7 Å². The Labute approximate surface area is 65.2 Å². The average Bonchev–Trinajstić information content (AvgIpc) is 2.36. The topological polar surface area (TPSA) is 12.4 Å². The lowest BCUT2D eigenvalue weighted by molar-refractivity contribution is 1.33. The molecule has 1 aliphatic rings. The molecule has 50 valence electrons. The van der Waals surface area contributed by atoms with Gasteiger partial charge in [0.15, 0.2) is 0 Å². The quantitative estimate of drug-likeness (QED) is 0.543. The Hall–Kier alpha value is -0.760. The van der Waals surface area contributed by atoms with Crippen LogP contribution in [0.3, 0.4) is 0 Å². The Morgan fingerprint density at radius 1 is 1.40 bits per heavy atom. The molecule has 10 heavy (non-hydrogen) atoms. The highest BCUT2D eigenvalue weighted by molar-refractivity contribution is 7.80. The molecule has 0 unspecified atom stereocenters. The third-order valence-corrected chi connectivity index (χ3v) is 1.99. The zero-order valence-corrected chi connectivity index (χ0v) is 6.31. The molecule has 1 heterocycles. The van der Waals surface area contributed by atoms with E-state index in [0.29, 0.717) is 0 Å². The maximum absolute atomic E-state index is 4.27. The predicted octanol–water partition coefficient (Wildman–Crippen LogP) is 2.23. The Morgan fingerprint density at radius 3 is 3.10 bits per heavy atom. The number of thiol groups is 1. The largest absolute Gasteiger partial charge is 0.259 e. The standard InChI is InChI=1S/C8H7NS/c10-7-3-1-2-6-4-5-9-8(6)7/h1-3,5,10H,4H2. The first-order valence-corrected chi connectivity index (χ1v) is 3.66. The van der Waals surface area contributed by atoms with Crippen molar-refractivity contribution in [2.75, 3.05) is 0 Å². The molecular weight excluding hydrogens is 142 g/mol. The van der Waals surface area contributed by atoms with E-state index in [-0.39, 0.29) is 0 Å². The number of hydrogen-bond acceptors (Lipinski definition) is 2. The monoisotopic (exact) mass is 149 g/mol. The zero-order chi connectivity index (χ0) is 6.97. The predicted molar refractivity (Wildman–Crippen MR) is 45.6 cm³/mol. The molecule has 0 saturated carbocycles. The summed E-state index contributed by atoms with van der Waals surface area (Å²) in [5.41, 5.74) is 2.33. The summed E-state index contributed by atoms with van der Waals surface area (Å²) in [6, 6.07) is 6.06. The van der Waals surface area contributed by atoms with Gasteiger partial charge in [0.1, 0.15) is 0 Å². The average molecular weight is 149 g/mol. The van der Waals surface area contributed by atoms with E-state index in [0.717, 1.165) is 17.0 Å². The second-order valence-corrected chi connectivity index (χ2v) is 2.78. The van der Waals surface area contributed by atoms with Crippen LogP contribution in [0.15, 0.2) is 28.1 Å². The number of rotatable bonds is 0. The molecule has 0 saturated heterocycles. The molecule has 0 N–H and O–H groups in total. The van der Waals surface area contributed by atoms with E-state index >= 15 is 0 Å². The molecular formula is C8H7NS. The lowest BCUT2D eigenvalue weighted by atomic mass is 10.2. The van der Waals surface area contributed by atoms with E-state index < -0.39 is 0 Å². The van der Waals surface area contributed by atoms with Crippen molar-refractivity contribution >= 4 is 24.5 Å². The van der Waals surface area contributed by atoms with Gasteiger partial charge in [0.2, 0.25) is 0 Å². The second-order valence-electron chi connectivity index (χ2n) is 2.30. The number of aliphatic imine (C=N–C) groups is 1. The SMILES string of the molecule is Sc1cccc2c1N=CC2. The van der Waals surface area contributed by atoms with Crippen LogP contribution >= 0.6 is 12.6 Å². The van der Waals surface area contributed by atoms with Crippen LogP contribution in [0.25, 0.3) is 0 Å². The van der Waals surface area contributed by atoms with E-state index in [9.17, 15) is 0 Å². The highest BCUT2D eigenvalue weighted by Gasteiger charge is 2.07. The molecule has 1 aliphatic heterocycles. The molecule has 1 aromatic carbocycles. The Bertz CT molecular complexity index is 291. The van der Waals surface area contributed by atoms with Gasteiger partial charge in [-0.2, -0.15) is 0 Å². The third kappa shape index (κ3) is 0.762. The van der Waals surface area contributed by atoms with Crippen LogP contribution < -0.4 is 0 Å². The second kappa shape index (κ2) is 2.13. The molecule has 0 bridgehead atoms. The van der Waals surface area contributed by atoms with Crippen molar-refractivity contribution in [3.8, 4) is 0 Å². The fourth-order valence-corrected chi connectivity index (χ4v) is 1.41. The number of benzene rings is 1. The van der Waals surface area contributed by atoms with Gasteiger partial charge in [-0.05, 0) is 11.6 Å². The number of hydrogen-bond donors (Lipinski definition) is 1. The summed E-state index contributed by atoms with van der Waals surface area (Å²) in [6.45, 7) is 0. The third-order valence-electron chi connectivity index (χ3n) is 1.63. The van der Waals surface area contributed by atoms with Gasteiger partial charge < -0.3 is 0 Å². The molecule has 1 aromatic rings. The van der Waals surface area contributed by atoms with Gasteiger partial charge in [-0.25, -0.2) is 0 Å². The minimum absolute atomic E-state index is 0.962. The van der Waals surface area contributed by atoms with Crippen molar-refractivity contribution in [3.05, 3.63) is 23.8 Å². The number of nitrogens with zero attached hydrogens (tertiary/aromatic N) is 1. The van der Waals surface area contributed by atoms with Gasteiger partial charge in [-0.15, -0.1) is 12.6 Å². The summed E-state index contributed by atoms with van der Waals surface area (Å²) in [6.07, 6.45) is 2.88. The summed E-state index contributed by atoms with van der Waals surface area (Å²) in [5.74, 6) is 0. The van der Waals surface area contributed by atoms with Gasteiger partial charge >= 0.3 is 0 Å². The van der Waals surface area contributed by atoms with Gasteiger partial charge in [0.25, 0.3) is 0 Å². The first-order valence-electron chi connectivity index (χ1n) is 3.21. The first-order chi connectivity index (χ1) is 4.88. The summed E-state index contributed by atoms with van der Waals surface area (Å²) in [4.78, 5) is 5.18. The molecule has 0 aromatic heterocycles. The smallest absolute Gasteiger partial charge is 0.0794 e. The van der Waals surface area contributed by atoms with Gasteiger partial charge in [0, 0.05) is 17.5 Å². The van der Waals surface area contributed by atoms with Crippen LogP contribution in [0, 0.1) is 0 Å². The molecule has 0 fully saturated rings. The lowest BCUT2D eigenvalue weighted by Crippen LogP contribution is -1.77. The summed E-state index contributed by atoms with van der Waals surface area (Å²) in [7, 11) is 0. The highest BCUT2D eigenvalue weighted by atomic mass is 32.1. The van der Waals surface area contributed by atoms with Gasteiger partial charge in [-0.3, -0.25) is 4.99 Å². The molecule has 0 spiro atoms. The lowest BCUT2D eigenvalue weighted by Gasteiger charge is -1.97. The summed E-state index contributed by atoms with van der Waals surface area (Å²) >= 11 is 4.27. The van der Waals surface area contributed by atoms with Crippen LogP contribution in [-0.2, 0) is 6.42 Å². The van der Waals surface area contributed by atoms with E-state index in [1.54, 1.807) is 0 Å². The van der Waals surface area contributed by atoms with Crippen molar-refractivity contribution in [1.82, 2.24) is 0 Å². The number of fused-ring (bicyclic) bond motifs is 1. The Balaban J connectivity index is 2.67. The van der Waals surface area contributed by atoms with Crippen LogP contribution in [0.4, 0.5) is 5.69 Å². The van der Waals surface area contributed by atoms with Gasteiger partial charge in [-0.1, -0.05) is 12.1 Å². The first kappa shape index (κ1) is 5.98. The van der Waals surface area contributed by atoms with Crippen molar-refractivity contribution in [2.24, 2.45) is 4.99 Å². The molecule has 0 aliphatic carbocycles. The maximum Gasteiger partial charge on any atom is 0.0794 e. The molecule has 0 radical (unpaired) electrons. The van der Waals surface area contributed by atoms with Crippen molar-refractivity contribution < 1.29 is 0 Å². The fraction of sp³-hybridized carbons (Fsp3) is 0.125. The fourth-order valence-electron chi connectivity index (χ4n) is 1.13. The highest BCUT2D eigenvalue weighted by Crippen LogP contribution is 2.30. The summed E-state index contributed by atoms with van der Waals surface area (Å²) in [5, 5.41) is 0. The van der Waals surface area contributed by atoms with Crippen LogP contribution in [-0.4, -0.2) is 6.21 Å². The maximum atomic E-state index is 4.27. The summed E-state index contributed by atoms with van der Waals surface area (Å²) < 4.78 is 0. The molecule has 1 nitrogen and oxygen atoms in total. The van der Waals surface area contributed by atoms with Crippen molar-refractivity contribution in [3.63, 3.8) is 0 Å². The van der Waals surface area contributed by atoms with Crippen LogP contribution in [0.2, 0.25) is 0 Å². The molecule has 0 amide bonds. The van der Waals surface area contributed by atoms with Crippen molar-refractivity contribution in [2.45, 2.75) is 11.3 Å². The normalized spacial score (nSPS) is 13.7. The van der Waals surface area contributed by atoms with E-state index in [1.807, 2.05) is 18.3 Å². The van der Waals surface area contributed by atoms with E-state index in [4.69, 9.17) is 0 Å². The molecule has 0 atom stereocenters. The van der Waals surface area contributed by atoms with Crippen LogP contribution in [0.5, 0.6) is 0 Å². The van der Waals surface area contributed by atoms with Crippen molar-refractivity contribution in [1.29, 1.82) is 0 Å². The molecule has 2 rings (SSSR count). The number of para-hydroxylation sites is 1.